The second-order valence-electron chi connectivity index (χ2n) is 5.72. The zero-order valence-corrected chi connectivity index (χ0v) is 11.5. The lowest BCUT2D eigenvalue weighted by molar-refractivity contribution is -0.133. The van der Waals surface area contributed by atoms with Crippen molar-refractivity contribution >= 4 is 5.91 Å². The monoisotopic (exact) mass is 254 g/mol. The molecule has 1 unspecified atom stereocenters. The van der Waals surface area contributed by atoms with E-state index in [1.807, 2.05) is 0 Å². The van der Waals surface area contributed by atoms with Crippen molar-refractivity contribution in [3.63, 3.8) is 0 Å². The molecule has 0 aromatic heterocycles. The highest BCUT2D eigenvalue weighted by molar-refractivity contribution is 5.82. The van der Waals surface area contributed by atoms with E-state index in [-0.39, 0.29) is 11.3 Å². The molecular weight excluding hydrogens is 228 g/mol. The number of hydrogen-bond acceptors (Lipinski definition) is 3. The van der Waals surface area contributed by atoms with Gasteiger partial charge in [-0.1, -0.05) is 13.3 Å². The van der Waals surface area contributed by atoms with Gasteiger partial charge in [-0.05, 0) is 38.8 Å². The minimum Gasteiger partial charge on any atom is -0.381 e. The summed E-state index contributed by atoms with van der Waals surface area (Å²) >= 11 is 0. The van der Waals surface area contributed by atoms with E-state index in [0.29, 0.717) is 5.92 Å². The Morgan fingerprint density at radius 2 is 2.22 bits per heavy atom. The molecule has 0 aromatic carbocycles. The van der Waals surface area contributed by atoms with Crippen LogP contribution in [0, 0.1) is 11.3 Å². The van der Waals surface area contributed by atoms with Gasteiger partial charge in [-0.2, -0.15) is 0 Å². The smallest absolute Gasteiger partial charge is 0.226 e. The maximum absolute atomic E-state index is 12.5. The molecule has 0 bridgehead atoms. The topological polar surface area (TPSA) is 50.4 Å². The first kappa shape index (κ1) is 13.8. The molecule has 2 heterocycles. The number of nitrogens with one attached hydrogen (secondary N) is 2. The van der Waals surface area contributed by atoms with Gasteiger partial charge >= 0.3 is 0 Å². The first-order valence-corrected chi connectivity index (χ1v) is 7.33. The van der Waals surface area contributed by atoms with Crippen molar-refractivity contribution in [3.05, 3.63) is 0 Å². The van der Waals surface area contributed by atoms with Crippen molar-refractivity contribution in [1.29, 1.82) is 0 Å². The fourth-order valence-electron chi connectivity index (χ4n) is 3.14. The van der Waals surface area contributed by atoms with Crippen molar-refractivity contribution in [1.82, 2.24) is 10.6 Å². The summed E-state index contributed by atoms with van der Waals surface area (Å²) < 4.78 is 5.35. The Hall–Kier alpha value is -0.610. The third-order valence-corrected chi connectivity index (χ3v) is 4.35. The van der Waals surface area contributed by atoms with E-state index >= 15 is 0 Å². The highest BCUT2D eigenvalue weighted by Crippen LogP contribution is 2.34. The second-order valence-corrected chi connectivity index (χ2v) is 5.72. The molecule has 2 aliphatic rings. The van der Waals surface area contributed by atoms with Gasteiger partial charge < -0.3 is 15.4 Å². The second kappa shape index (κ2) is 6.53. The largest absolute Gasteiger partial charge is 0.381 e. The minimum absolute atomic E-state index is 0.112. The van der Waals surface area contributed by atoms with Crippen molar-refractivity contribution in [3.8, 4) is 0 Å². The molecule has 0 aromatic rings. The number of piperidine rings is 1. The maximum Gasteiger partial charge on any atom is 0.226 e. The number of amides is 1. The Kier molecular flexibility index (Phi) is 5.01. The van der Waals surface area contributed by atoms with Crippen LogP contribution in [0.2, 0.25) is 0 Å². The SMILES string of the molecule is CCCC1(C(=O)NCC2CCOC2)CCNCC1. The van der Waals surface area contributed by atoms with Gasteiger partial charge in [0.25, 0.3) is 0 Å². The van der Waals surface area contributed by atoms with Gasteiger partial charge in [0.15, 0.2) is 0 Å². The van der Waals surface area contributed by atoms with Gasteiger partial charge in [0.1, 0.15) is 0 Å². The molecule has 0 spiro atoms. The number of rotatable bonds is 5. The van der Waals surface area contributed by atoms with Crippen molar-refractivity contribution in [2.75, 3.05) is 32.8 Å². The Morgan fingerprint density at radius 1 is 1.44 bits per heavy atom. The maximum atomic E-state index is 12.5. The zero-order valence-electron chi connectivity index (χ0n) is 11.5. The number of hydrogen-bond donors (Lipinski definition) is 2. The van der Waals surface area contributed by atoms with Crippen LogP contribution >= 0.6 is 0 Å². The normalized spacial score (nSPS) is 27.1. The average molecular weight is 254 g/mol. The number of ether oxygens (including phenoxy) is 1. The van der Waals surface area contributed by atoms with Crippen LogP contribution in [0.4, 0.5) is 0 Å². The summed E-state index contributed by atoms with van der Waals surface area (Å²) in [7, 11) is 0. The standard InChI is InChI=1S/C14H26N2O2/c1-2-4-14(5-7-15-8-6-14)13(17)16-10-12-3-9-18-11-12/h12,15H,2-11H2,1H3,(H,16,17). The predicted molar refractivity (Wildman–Crippen MR) is 71.4 cm³/mol. The summed E-state index contributed by atoms with van der Waals surface area (Å²) in [6.45, 7) is 6.56. The summed E-state index contributed by atoms with van der Waals surface area (Å²) in [6.07, 6.45) is 5.14. The van der Waals surface area contributed by atoms with Gasteiger partial charge in [0.05, 0.1) is 12.0 Å². The van der Waals surface area contributed by atoms with E-state index in [2.05, 4.69) is 17.6 Å². The molecular formula is C14H26N2O2. The van der Waals surface area contributed by atoms with Crippen LogP contribution in [0.25, 0.3) is 0 Å². The summed E-state index contributed by atoms with van der Waals surface area (Å²) in [5.41, 5.74) is -0.112. The van der Waals surface area contributed by atoms with Gasteiger partial charge in [-0.25, -0.2) is 0 Å². The Morgan fingerprint density at radius 3 is 2.83 bits per heavy atom. The molecule has 0 saturated carbocycles. The van der Waals surface area contributed by atoms with Gasteiger partial charge in [-0.15, -0.1) is 0 Å². The molecule has 0 radical (unpaired) electrons. The summed E-state index contributed by atoms with van der Waals surface area (Å²) in [5.74, 6) is 0.798. The molecule has 0 aliphatic carbocycles. The fourth-order valence-corrected chi connectivity index (χ4v) is 3.14. The first-order chi connectivity index (χ1) is 8.77. The highest BCUT2D eigenvalue weighted by Gasteiger charge is 2.38. The lowest BCUT2D eigenvalue weighted by Gasteiger charge is -2.36. The van der Waals surface area contributed by atoms with E-state index in [9.17, 15) is 4.79 Å². The highest BCUT2D eigenvalue weighted by atomic mass is 16.5. The fraction of sp³-hybridized carbons (Fsp3) is 0.929. The van der Waals surface area contributed by atoms with E-state index in [4.69, 9.17) is 4.74 Å². The summed E-state index contributed by atoms with van der Waals surface area (Å²) in [6, 6.07) is 0. The molecule has 2 rings (SSSR count). The molecule has 104 valence electrons. The molecule has 2 N–H and O–H groups in total. The van der Waals surface area contributed by atoms with Crippen molar-refractivity contribution < 1.29 is 9.53 Å². The van der Waals surface area contributed by atoms with Crippen LogP contribution in [-0.2, 0) is 9.53 Å². The summed E-state index contributed by atoms with van der Waals surface area (Å²) in [4.78, 5) is 12.5. The lowest BCUT2D eigenvalue weighted by atomic mass is 9.74. The van der Waals surface area contributed by atoms with Crippen LogP contribution in [0.1, 0.15) is 39.0 Å². The predicted octanol–water partition coefficient (Wildman–Crippen LogP) is 1.31. The number of carbonyl (C=O) groups is 1. The summed E-state index contributed by atoms with van der Waals surface area (Å²) in [5, 5.41) is 6.52. The molecule has 2 aliphatic heterocycles. The van der Waals surface area contributed by atoms with E-state index in [1.54, 1.807) is 0 Å². The van der Waals surface area contributed by atoms with E-state index < -0.39 is 0 Å². The Labute approximate surface area is 110 Å². The van der Waals surface area contributed by atoms with Crippen LogP contribution < -0.4 is 10.6 Å². The molecule has 2 fully saturated rings. The van der Waals surface area contributed by atoms with E-state index in [0.717, 1.165) is 65.0 Å². The van der Waals surface area contributed by atoms with Crippen LogP contribution in [0.15, 0.2) is 0 Å². The van der Waals surface area contributed by atoms with E-state index in [1.165, 1.54) is 0 Å². The van der Waals surface area contributed by atoms with Crippen molar-refractivity contribution in [2.45, 2.75) is 39.0 Å². The molecule has 2 saturated heterocycles. The molecule has 4 heteroatoms. The Bertz CT molecular complexity index is 263. The lowest BCUT2D eigenvalue weighted by Crippen LogP contribution is -2.48. The minimum atomic E-state index is -0.112. The molecule has 1 atom stereocenters. The van der Waals surface area contributed by atoms with Gasteiger partial charge in [0, 0.05) is 19.1 Å². The van der Waals surface area contributed by atoms with Crippen LogP contribution in [-0.4, -0.2) is 38.8 Å². The Balaban J connectivity index is 1.86. The van der Waals surface area contributed by atoms with Crippen LogP contribution in [0.3, 0.4) is 0 Å². The molecule has 1 amide bonds. The van der Waals surface area contributed by atoms with Crippen molar-refractivity contribution in [2.24, 2.45) is 11.3 Å². The van der Waals surface area contributed by atoms with Gasteiger partial charge in [0.2, 0.25) is 5.91 Å². The molecule has 4 nitrogen and oxygen atoms in total. The van der Waals surface area contributed by atoms with Gasteiger partial charge in [-0.3, -0.25) is 4.79 Å². The zero-order chi connectivity index (χ0) is 12.8. The van der Waals surface area contributed by atoms with Crippen LogP contribution in [0.5, 0.6) is 0 Å². The third kappa shape index (κ3) is 3.23. The average Bonchev–Trinajstić information content (AvgIpc) is 2.90. The third-order valence-electron chi connectivity index (χ3n) is 4.35. The quantitative estimate of drug-likeness (QED) is 0.778. The first-order valence-electron chi connectivity index (χ1n) is 7.33. The molecule has 18 heavy (non-hydrogen) atoms. The number of carbonyl (C=O) groups excluding carboxylic acids is 1.